The SMILES string of the molecule is C#CCN(C)C(=O)NC(=O)CCC(=O)O. The lowest BCUT2D eigenvalue weighted by Gasteiger charge is -2.13. The van der Waals surface area contributed by atoms with Gasteiger partial charge in [-0.25, -0.2) is 4.79 Å². The Morgan fingerprint density at radius 2 is 2.00 bits per heavy atom. The van der Waals surface area contributed by atoms with Crippen molar-refractivity contribution in [3.63, 3.8) is 0 Å². The molecule has 0 aromatic rings. The molecule has 0 fully saturated rings. The second-order valence-corrected chi connectivity index (χ2v) is 2.81. The van der Waals surface area contributed by atoms with Crippen LogP contribution in [0.5, 0.6) is 0 Å². The maximum Gasteiger partial charge on any atom is 0.324 e. The van der Waals surface area contributed by atoms with Crippen LogP contribution in [0.4, 0.5) is 4.79 Å². The van der Waals surface area contributed by atoms with Crippen molar-refractivity contribution in [1.29, 1.82) is 0 Å². The van der Waals surface area contributed by atoms with Crippen LogP contribution in [-0.2, 0) is 9.59 Å². The van der Waals surface area contributed by atoms with Crippen molar-refractivity contribution in [3.8, 4) is 12.3 Å². The van der Waals surface area contributed by atoms with Crippen molar-refractivity contribution in [3.05, 3.63) is 0 Å². The Kier molecular flexibility index (Phi) is 5.56. The molecule has 15 heavy (non-hydrogen) atoms. The highest BCUT2D eigenvalue weighted by molar-refractivity contribution is 5.95. The number of carboxylic acid groups (broad SMARTS) is 1. The molecule has 0 atom stereocenters. The molecule has 0 spiro atoms. The second-order valence-electron chi connectivity index (χ2n) is 2.81. The van der Waals surface area contributed by atoms with E-state index >= 15 is 0 Å². The smallest absolute Gasteiger partial charge is 0.324 e. The highest BCUT2D eigenvalue weighted by Gasteiger charge is 2.12. The molecule has 0 heterocycles. The lowest BCUT2D eigenvalue weighted by Crippen LogP contribution is -2.40. The minimum Gasteiger partial charge on any atom is -0.481 e. The van der Waals surface area contributed by atoms with Gasteiger partial charge in [-0.2, -0.15) is 0 Å². The van der Waals surface area contributed by atoms with Crippen LogP contribution >= 0.6 is 0 Å². The number of hydrogen-bond donors (Lipinski definition) is 2. The summed E-state index contributed by atoms with van der Waals surface area (Å²) in [4.78, 5) is 33.4. The molecule has 82 valence electrons. The van der Waals surface area contributed by atoms with Crippen molar-refractivity contribution in [2.75, 3.05) is 13.6 Å². The fraction of sp³-hybridized carbons (Fsp3) is 0.444. The molecule has 0 rings (SSSR count). The van der Waals surface area contributed by atoms with Crippen molar-refractivity contribution in [2.45, 2.75) is 12.8 Å². The maximum absolute atomic E-state index is 11.1. The molecule has 0 radical (unpaired) electrons. The summed E-state index contributed by atoms with van der Waals surface area (Å²) in [6, 6.07) is -0.636. The number of hydrogen-bond acceptors (Lipinski definition) is 3. The van der Waals surface area contributed by atoms with Gasteiger partial charge in [-0.15, -0.1) is 6.42 Å². The number of nitrogens with zero attached hydrogens (tertiary/aromatic N) is 1. The van der Waals surface area contributed by atoms with Gasteiger partial charge in [-0.1, -0.05) is 5.92 Å². The molecule has 2 N–H and O–H groups in total. The van der Waals surface area contributed by atoms with E-state index in [0.29, 0.717) is 0 Å². The summed E-state index contributed by atoms with van der Waals surface area (Å²) in [5.41, 5.74) is 0. The van der Waals surface area contributed by atoms with E-state index in [0.717, 1.165) is 4.90 Å². The number of carbonyl (C=O) groups excluding carboxylic acids is 2. The summed E-state index contributed by atoms with van der Waals surface area (Å²) in [5.74, 6) is 0.510. The summed E-state index contributed by atoms with van der Waals surface area (Å²) in [6.45, 7) is 0.0814. The molecular weight excluding hydrogens is 200 g/mol. The van der Waals surface area contributed by atoms with Gasteiger partial charge in [0.1, 0.15) is 0 Å². The first-order valence-corrected chi connectivity index (χ1v) is 4.17. The van der Waals surface area contributed by atoms with Gasteiger partial charge < -0.3 is 10.0 Å². The van der Waals surface area contributed by atoms with E-state index in [1.165, 1.54) is 7.05 Å². The van der Waals surface area contributed by atoms with Gasteiger partial charge in [0.05, 0.1) is 13.0 Å². The van der Waals surface area contributed by atoms with Gasteiger partial charge in [0.2, 0.25) is 5.91 Å². The third-order valence-electron chi connectivity index (χ3n) is 1.49. The molecule has 0 bridgehead atoms. The first-order chi connectivity index (χ1) is 6.97. The first kappa shape index (κ1) is 13.0. The zero-order chi connectivity index (χ0) is 11.8. The predicted octanol–water partition coefficient (Wildman–Crippen LogP) is -0.348. The molecule has 0 aliphatic heterocycles. The maximum atomic E-state index is 11.1. The lowest BCUT2D eigenvalue weighted by molar-refractivity contribution is -0.138. The molecular formula is C9H12N2O4. The summed E-state index contributed by atoms with van der Waals surface area (Å²) in [7, 11) is 1.43. The zero-order valence-corrected chi connectivity index (χ0v) is 8.32. The monoisotopic (exact) mass is 212 g/mol. The highest BCUT2D eigenvalue weighted by atomic mass is 16.4. The highest BCUT2D eigenvalue weighted by Crippen LogP contribution is 1.90. The third-order valence-corrected chi connectivity index (χ3v) is 1.49. The van der Waals surface area contributed by atoms with Crippen LogP contribution in [0.1, 0.15) is 12.8 Å². The molecule has 0 aromatic heterocycles. The molecule has 0 unspecified atom stereocenters. The summed E-state index contributed by atoms with van der Waals surface area (Å²) < 4.78 is 0. The summed E-state index contributed by atoms with van der Waals surface area (Å²) in [6.07, 6.45) is 4.42. The van der Waals surface area contributed by atoms with Crippen molar-refractivity contribution in [1.82, 2.24) is 10.2 Å². The van der Waals surface area contributed by atoms with Crippen molar-refractivity contribution in [2.24, 2.45) is 0 Å². The number of carbonyl (C=O) groups is 3. The van der Waals surface area contributed by atoms with Crippen LogP contribution < -0.4 is 5.32 Å². The minimum atomic E-state index is -1.09. The van der Waals surface area contributed by atoms with Crippen LogP contribution in [0.3, 0.4) is 0 Å². The van der Waals surface area contributed by atoms with Crippen LogP contribution in [0.15, 0.2) is 0 Å². The van der Waals surface area contributed by atoms with Gasteiger partial charge >= 0.3 is 12.0 Å². The van der Waals surface area contributed by atoms with Crippen molar-refractivity contribution >= 4 is 17.9 Å². The molecule has 3 amide bonds. The molecule has 0 saturated carbocycles. The molecule has 0 saturated heterocycles. The van der Waals surface area contributed by atoms with Crippen LogP contribution in [0.2, 0.25) is 0 Å². The minimum absolute atomic E-state index is 0.0814. The van der Waals surface area contributed by atoms with Crippen LogP contribution in [-0.4, -0.2) is 41.5 Å². The Morgan fingerprint density at radius 3 is 2.47 bits per heavy atom. The molecule has 6 heteroatoms. The van der Waals surface area contributed by atoms with Gasteiger partial charge in [0.25, 0.3) is 0 Å². The summed E-state index contributed by atoms with van der Waals surface area (Å²) in [5, 5.41) is 10.3. The largest absolute Gasteiger partial charge is 0.481 e. The van der Waals surface area contributed by atoms with Gasteiger partial charge in [0.15, 0.2) is 0 Å². The van der Waals surface area contributed by atoms with E-state index in [-0.39, 0.29) is 19.4 Å². The van der Waals surface area contributed by atoms with Crippen LogP contribution in [0, 0.1) is 12.3 Å². The Morgan fingerprint density at radius 1 is 1.40 bits per heavy atom. The number of carboxylic acids is 1. The fourth-order valence-electron chi connectivity index (χ4n) is 0.706. The van der Waals surface area contributed by atoms with E-state index in [1.807, 2.05) is 5.32 Å². The standard InChI is InChI=1S/C9H12N2O4/c1-3-6-11(2)9(15)10-7(12)4-5-8(13)14/h1H,4-6H2,2H3,(H,13,14)(H,10,12,15). The molecule has 6 nitrogen and oxygen atoms in total. The number of imide groups is 1. The van der Waals surface area contributed by atoms with E-state index in [4.69, 9.17) is 11.5 Å². The Hall–Kier alpha value is -2.03. The predicted molar refractivity (Wildman–Crippen MR) is 51.9 cm³/mol. The average molecular weight is 212 g/mol. The molecule has 0 aliphatic rings. The quantitative estimate of drug-likeness (QED) is 0.624. The van der Waals surface area contributed by atoms with E-state index in [2.05, 4.69) is 5.92 Å². The second kappa shape index (κ2) is 6.43. The lowest BCUT2D eigenvalue weighted by atomic mass is 10.3. The average Bonchev–Trinajstić information content (AvgIpc) is 2.15. The number of nitrogens with one attached hydrogen (secondary N) is 1. The van der Waals surface area contributed by atoms with Gasteiger partial charge in [0, 0.05) is 13.5 Å². The summed E-state index contributed by atoms with van der Waals surface area (Å²) >= 11 is 0. The number of urea groups is 1. The number of rotatable bonds is 4. The normalized spacial score (nSPS) is 8.80. The number of amides is 3. The third kappa shape index (κ3) is 6.10. The van der Waals surface area contributed by atoms with Crippen LogP contribution in [0.25, 0.3) is 0 Å². The first-order valence-electron chi connectivity index (χ1n) is 4.17. The van der Waals surface area contributed by atoms with Crippen molar-refractivity contribution < 1.29 is 19.5 Å². The topological polar surface area (TPSA) is 86.7 Å². The Bertz CT molecular complexity index is 306. The molecule has 0 aromatic carbocycles. The number of aliphatic carboxylic acids is 1. The molecule has 0 aliphatic carbocycles. The van der Waals surface area contributed by atoms with Gasteiger partial charge in [-0.05, 0) is 0 Å². The Labute approximate surface area is 87.2 Å². The zero-order valence-electron chi connectivity index (χ0n) is 8.32. The Balaban J connectivity index is 3.92. The van der Waals surface area contributed by atoms with Gasteiger partial charge in [-0.3, -0.25) is 14.9 Å². The van der Waals surface area contributed by atoms with E-state index in [1.54, 1.807) is 0 Å². The van der Waals surface area contributed by atoms with E-state index < -0.39 is 17.9 Å². The fourth-order valence-corrected chi connectivity index (χ4v) is 0.706. The number of terminal acetylenes is 1. The van der Waals surface area contributed by atoms with E-state index in [9.17, 15) is 14.4 Å².